The lowest BCUT2D eigenvalue weighted by Crippen LogP contribution is -2.60. The highest BCUT2D eigenvalue weighted by molar-refractivity contribution is 5.80. The van der Waals surface area contributed by atoms with Gasteiger partial charge in [-0.2, -0.15) is 0 Å². The van der Waals surface area contributed by atoms with Gasteiger partial charge in [-0.3, -0.25) is 4.79 Å². The highest BCUT2D eigenvalue weighted by Gasteiger charge is 2.44. The summed E-state index contributed by atoms with van der Waals surface area (Å²) < 4.78 is 11.1. The molecule has 11 heteroatoms. The van der Waals surface area contributed by atoms with Gasteiger partial charge < -0.3 is 50.5 Å². The number of rotatable bonds is 40. The molecule has 8 N–H and O–H groups in total. The molecule has 0 aromatic heterocycles. The zero-order chi connectivity index (χ0) is 41.9. The molecule has 1 fully saturated rings. The average molecular weight is 818 g/mol. The molecular formula is C46H91NO10. The SMILES string of the molecule is CCCCCCCCCCCCCCCCCCCC[C@@H](O)C(=O)N[C@@H](CO[C@H]1O[C@H](CO)[C@H](O)[C@H](O)[C@H]1O)[C@H](O)[C@H](O)CCCCCCCCCCCCCC. The van der Waals surface area contributed by atoms with E-state index < -0.39 is 74.2 Å². The predicted octanol–water partition coefficient (Wildman–Crippen LogP) is 7.89. The second-order valence-electron chi connectivity index (χ2n) is 17.2. The molecule has 340 valence electrons. The number of aliphatic hydroxyl groups excluding tert-OH is 7. The van der Waals surface area contributed by atoms with E-state index >= 15 is 0 Å². The van der Waals surface area contributed by atoms with Gasteiger partial charge >= 0.3 is 0 Å². The van der Waals surface area contributed by atoms with Gasteiger partial charge in [0.1, 0.15) is 36.6 Å². The molecule has 1 rings (SSSR count). The highest BCUT2D eigenvalue weighted by Crippen LogP contribution is 2.23. The molecule has 1 aliphatic rings. The molecule has 0 spiro atoms. The average Bonchev–Trinajstić information content (AvgIpc) is 3.21. The number of amides is 1. The van der Waals surface area contributed by atoms with Crippen LogP contribution in [0.4, 0.5) is 0 Å². The molecule has 1 heterocycles. The number of carbonyl (C=O) groups is 1. The van der Waals surface area contributed by atoms with Gasteiger partial charge in [0, 0.05) is 0 Å². The fourth-order valence-corrected chi connectivity index (χ4v) is 7.91. The van der Waals surface area contributed by atoms with Crippen molar-refractivity contribution in [3.8, 4) is 0 Å². The minimum Gasteiger partial charge on any atom is -0.394 e. The van der Waals surface area contributed by atoms with Crippen LogP contribution in [-0.2, 0) is 14.3 Å². The molecular weight excluding hydrogens is 727 g/mol. The number of hydrogen-bond acceptors (Lipinski definition) is 10. The maximum atomic E-state index is 13.1. The van der Waals surface area contributed by atoms with Crippen molar-refractivity contribution in [2.24, 2.45) is 0 Å². The zero-order valence-corrected chi connectivity index (χ0v) is 36.6. The van der Waals surface area contributed by atoms with E-state index in [1.165, 1.54) is 141 Å². The molecule has 0 aliphatic carbocycles. The first-order valence-corrected chi connectivity index (χ1v) is 23.9. The van der Waals surface area contributed by atoms with Crippen LogP contribution >= 0.6 is 0 Å². The molecule has 0 bridgehead atoms. The smallest absolute Gasteiger partial charge is 0.249 e. The minimum atomic E-state index is -1.66. The van der Waals surface area contributed by atoms with E-state index in [1.54, 1.807) is 0 Å². The van der Waals surface area contributed by atoms with E-state index in [9.17, 15) is 40.5 Å². The van der Waals surface area contributed by atoms with Crippen LogP contribution in [0.3, 0.4) is 0 Å². The Bertz CT molecular complexity index is 897. The van der Waals surface area contributed by atoms with Crippen molar-refractivity contribution < 1.29 is 50.0 Å². The summed E-state index contributed by atoms with van der Waals surface area (Å²) in [4.78, 5) is 13.1. The number of unbranched alkanes of at least 4 members (excludes halogenated alkanes) is 28. The third kappa shape index (κ3) is 26.8. The Balaban J connectivity index is 2.41. The van der Waals surface area contributed by atoms with Crippen LogP contribution in [0.5, 0.6) is 0 Å². The standard InChI is InChI=1S/C46H91NO10/c1-3-5-7-9-11-13-15-17-18-19-20-21-22-24-26-28-30-32-34-39(50)45(55)47-37(36-56-46-44(54)43(53)42(52)40(35-48)57-46)41(51)38(49)33-31-29-27-25-23-16-14-12-10-8-6-4-2/h37-44,46,48-54H,3-36H2,1-2H3,(H,47,55)/t37-,38+,39+,40+,41-,42-,43-,44+,46-/m0/s1. The summed E-state index contributed by atoms with van der Waals surface area (Å²) in [5, 5.41) is 75.6. The Morgan fingerprint density at radius 2 is 0.912 bits per heavy atom. The van der Waals surface area contributed by atoms with Crippen LogP contribution in [-0.4, -0.2) is 110 Å². The molecule has 0 aromatic rings. The van der Waals surface area contributed by atoms with Crippen molar-refractivity contribution in [3.05, 3.63) is 0 Å². The monoisotopic (exact) mass is 818 g/mol. The lowest BCUT2D eigenvalue weighted by atomic mass is 9.98. The summed E-state index contributed by atoms with van der Waals surface area (Å²) in [7, 11) is 0. The molecule has 0 unspecified atom stereocenters. The third-order valence-corrected chi connectivity index (χ3v) is 11.9. The molecule has 0 radical (unpaired) electrons. The summed E-state index contributed by atoms with van der Waals surface area (Å²) in [5.74, 6) is -0.694. The van der Waals surface area contributed by atoms with Crippen LogP contribution < -0.4 is 5.32 Å². The summed E-state index contributed by atoms with van der Waals surface area (Å²) in [6.07, 6.45) is 25.8. The zero-order valence-electron chi connectivity index (χ0n) is 36.6. The van der Waals surface area contributed by atoms with E-state index in [0.29, 0.717) is 19.3 Å². The highest BCUT2D eigenvalue weighted by atomic mass is 16.7. The maximum absolute atomic E-state index is 13.1. The number of ether oxygens (including phenoxy) is 2. The molecule has 1 aliphatic heterocycles. The van der Waals surface area contributed by atoms with Crippen molar-refractivity contribution in [3.63, 3.8) is 0 Å². The van der Waals surface area contributed by atoms with Crippen LogP contribution in [0.15, 0.2) is 0 Å². The molecule has 1 saturated heterocycles. The molecule has 0 saturated carbocycles. The summed E-state index contributed by atoms with van der Waals surface area (Å²) >= 11 is 0. The van der Waals surface area contributed by atoms with Gasteiger partial charge in [-0.25, -0.2) is 0 Å². The van der Waals surface area contributed by atoms with Crippen molar-refractivity contribution in [2.45, 2.75) is 274 Å². The quantitative estimate of drug-likeness (QED) is 0.0283. The van der Waals surface area contributed by atoms with Gasteiger partial charge in [0.15, 0.2) is 6.29 Å². The van der Waals surface area contributed by atoms with E-state index in [-0.39, 0.29) is 6.42 Å². The fourth-order valence-electron chi connectivity index (χ4n) is 7.91. The predicted molar refractivity (Wildman–Crippen MR) is 229 cm³/mol. The molecule has 9 atom stereocenters. The molecule has 1 amide bonds. The van der Waals surface area contributed by atoms with Crippen molar-refractivity contribution >= 4 is 5.91 Å². The van der Waals surface area contributed by atoms with Crippen LogP contribution in [0.1, 0.15) is 219 Å². The van der Waals surface area contributed by atoms with Gasteiger partial charge in [0.25, 0.3) is 0 Å². The van der Waals surface area contributed by atoms with Crippen molar-refractivity contribution in [2.75, 3.05) is 13.2 Å². The van der Waals surface area contributed by atoms with E-state index in [1.807, 2.05) is 0 Å². The first-order chi connectivity index (χ1) is 27.7. The lowest BCUT2D eigenvalue weighted by molar-refractivity contribution is -0.303. The van der Waals surface area contributed by atoms with Gasteiger partial charge in [-0.05, 0) is 12.8 Å². The topological polar surface area (TPSA) is 189 Å². The Hall–Kier alpha value is -0.890. The Morgan fingerprint density at radius 1 is 0.544 bits per heavy atom. The second kappa shape index (κ2) is 36.9. The van der Waals surface area contributed by atoms with Gasteiger partial charge in [0.05, 0.1) is 25.4 Å². The second-order valence-corrected chi connectivity index (χ2v) is 17.2. The first-order valence-electron chi connectivity index (χ1n) is 23.9. The van der Waals surface area contributed by atoms with Crippen molar-refractivity contribution in [1.29, 1.82) is 0 Å². The van der Waals surface area contributed by atoms with Crippen molar-refractivity contribution in [1.82, 2.24) is 5.32 Å². The van der Waals surface area contributed by atoms with Gasteiger partial charge in [-0.1, -0.05) is 206 Å². The summed E-state index contributed by atoms with van der Waals surface area (Å²) in [5.41, 5.74) is 0. The number of nitrogens with one attached hydrogen (secondary N) is 1. The molecule has 11 nitrogen and oxygen atoms in total. The Morgan fingerprint density at radius 3 is 1.30 bits per heavy atom. The number of carbonyl (C=O) groups excluding carboxylic acids is 1. The third-order valence-electron chi connectivity index (χ3n) is 11.9. The van der Waals surface area contributed by atoms with Crippen LogP contribution in [0, 0.1) is 0 Å². The number of hydrogen-bond donors (Lipinski definition) is 8. The van der Waals surface area contributed by atoms with E-state index in [2.05, 4.69) is 19.2 Å². The molecule has 57 heavy (non-hydrogen) atoms. The van der Waals surface area contributed by atoms with Crippen LogP contribution in [0.25, 0.3) is 0 Å². The fraction of sp³-hybridized carbons (Fsp3) is 0.978. The first kappa shape index (κ1) is 54.1. The van der Waals surface area contributed by atoms with E-state index in [0.717, 1.165) is 38.5 Å². The van der Waals surface area contributed by atoms with Gasteiger partial charge in [0.2, 0.25) is 5.91 Å². The summed E-state index contributed by atoms with van der Waals surface area (Å²) in [6, 6.07) is -1.16. The van der Waals surface area contributed by atoms with E-state index in [4.69, 9.17) is 9.47 Å². The summed E-state index contributed by atoms with van der Waals surface area (Å²) in [6.45, 7) is 3.45. The Kier molecular flexibility index (Phi) is 35.1. The van der Waals surface area contributed by atoms with Crippen LogP contribution in [0.2, 0.25) is 0 Å². The Labute approximate surface area is 348 Å². The van der Waals surface area contributed by atoms with Gasteiger partial charge in [-0.15, -0.1) is 0 Å². The maximum Gasteiger partial charge on any atom is 0.249 e. The lowest BCUT2D eigenvalue weighted by Gasteiger charge is -2.40. The number of aliphatic hydroxyl groups is 7. The largest absolute Gasteiger partial charge is 0.394 e. The normalized spacial score (nSPS) is 22.0. The molecule has 0 aromatic carbocycles. The minimum absolute atomic E-state index is 0.266.